The molecule has 2 heterocycles. The van der Waals surface area contributed by atoms with E-state index in [9.17, 15) is 8.78 Å². The highest BCUT2D eigenvalue weighted by Gasteiger charge is 2.22. The average Bonchev–Trinajstić information content (AvgIpc) is 2.98. The van der Waals surface area contributed by atoms with Crippen molar-refractivity contribution in [3.8, 4) is 17.2 Å². The molecule has 2 aromatic rings. The fourth-order valence-electron chi connectivity index (χ4n) is 2.42. The zero-order chi connectivity index (χ0) is 14.7. The lowest BCUT2D eigenvalue weighted by molar-refractivity contribution is -0.0495. The summed E-state index contributed by atoms with van der Waals surface area (Å²) in [6.45, 7) is -1.10. The van der Waals surface area contributed by atoms with Crippen LogP contribution in [0.2, 0.25) is 0 Å². The lowest BCUT2D eigenvalue weighted by Crippen LogP contribution is -2.28. The number of aromatic nitrogens is 2. The fraction of sp³-hybridized carbons (Fsp3) is 0.429. The summed E-state index contributed by atoms with van der Waals surface area (Å²) < 4.78 is 34.5. The highest BCUT2D eigenvalue weighted by Crippen LogP contribution is 2.31. The van der Waals surface area contributed by atoms with E-state index in [-0.39, 0.29) is 17.6 Å². The summed E-state index contributed by atoms with van der Waals surface area (Å²) in [7, 11) is 0. The van der Waals surface area contributed by atoms with Crippen LogP contribution in [0.25, 0.3) is 11.5 Å². The minimum Gasteiger partial charge on any atom is -0.434 e. The second-order valence-electron chi connectivity index (χ2n) is 4.88. The number of hydrogen-bond acceptors (Lipinski definition) is 5. The van der Waals surface area contributed by atoms with Gasteiger partial charge in [-0.05, 0) is 31.5 Å². The van der Waals surface area contributed by atoms with Crippen LogP contribution in [0.5, 0.6) is 5.75 Å². The summed E-state index contributed by atoms with van der Waals surface area (Å²) in [6, 6.07) is 6.39. The molecule has 1 unspecified atom stereocenters. The van der Waals surface area contributed by atoms with Crippen molar-refractivity contribution in [3.63, 3.8) is 0 Å². The lowest BCUT2D eigenvalue weighted by atomic mass is 9.99. The van der Waals surface area contributed by atoms with Gasteiger partial charge in [-0.1, -0.05) is 17.3 Å². The maximum atomic E-state index is 12.4. The van der Waals surface area contributed by atoms with Crippen molar-refractivity contribution < 1.29 is 18.0 Å². The minimum atomic E-state index is -2.89. The largest absolute Gasteiger partial charge is 0.434 e. The number of ether oxygens (including phenoxy) is 1. The van der Waals surface area contributed by atoms with Gasteiger partial charge in [-0.25, -0.2) is 0 Å². The van der Waals surface area contributed by atoms with Gasteiger partial charge in [0.2, 0.25) is 0 Å². The molecule has 0 aliphatic carbocycles. The van der Waals surface area contributed by atoms with Gasteiger partial charge in [-0.3, -0.25) is 0 Å². The Labute approximate surface area is 120 Å². The number of para-hydroxylation sites is 1. The van der Waals surface area contributed by atoms with Crippen LogP contribution in [-0.2, 0) is 0 Å². The van der Waals surface area contributed by atoms with E-state index in [1.165, 1.54) is 6.07 Å². The van der Waals surface area contributed by atoms with Crippen molar-refractivity contribution in [2.45, 2.75) is 25.4 Å². The molecule has 0 bridgehead atoms. The molecule has 1 aliphatic heterocycles. The zero-order valence-electron chi connectivity index (χ0n) is 11.3. The monoisotopic (exact) mass is 295 g/mol. The summed E-state index contributed by atoms with van der Waals surface area (Å²) >= 11 is 0. The predicted octanol–water partition coefficient (Wildman–Crippen LogP) is 2.81. The molecule has 7 heteroatoms. The molecule has 1 aromatic carbocycles. The number of benzene rings is 1. The summed E-state index contributed by atoms with van der Waals surface area (Å²) in [5.41, 5.74) is 0.375. The molecule has 1 fully saturated rings. The van der Waals surface area contributed by atoms with Crippen molar-refractivity contribution in [3.05, 3.63) is 30.1 Å². The maximum absolute atomic E-state index is 12.4. The molecule has 1 saturated heterocycles. The Morgan fingerprint density at radius 3 is 2.95 bits per heavy atom. The first-order chi connectivity index (χ1) is 10.2. The smallest absolute Gasteiger partial charge is 0.387 e. The number of halogens is 2. The summed E-state index contributed by atoms with van der Waals surface area (Å²) in [5.74, 6) is 1.03. The molecule has 0 amide bonds. The molecular formula is C14H15F2N3O2. The zero-order valence-corrected chi connectivity index (χ0v) is 11.3. The van der Waals surface area contributed by atoms with Crippen LogP contribution in [0.3, 0.4) is 0 Å². The second-order valence-corrected chi connectivity index (χ2v) is 4.88. The molecule has 0 spiro atoms. The van der Waals surface area contributed by atoms with E-state index in [1.807, 2.05) is 0 Å². The molecule has 1 aromatic heterocycles. The van der Waals surface area contributed by atoms with E-state index < -0.39 is 6.61 Å². The minimum absolute atomic E-state index is 0.0319. The van der Waals surface area contributed by atoms with Gasteiger partial charge in [-0.15, -0.1) is 0 Å². The number of alkyl halides is 2. The Hall–Kier alpha value is -2.02. The Kier molecular flexibility index (Phi) is 4.10. The molecule has 5 nitrogen and oxygen atoms in total. The standard InChI is InChI=1S/C14H15F2N3O2/c15-14(16)20-11-6-2-1-5-10(11)13-18-12(19-21-13)9-4-3-7-17-8-9/h1-2,5-6,9,14,17H,3-4,7-8H2. The third kappa shape index (κ3) is 3.18. The van der Waals surface area contributed by atoms with Crippen LogP contribution >= 0.6 is 0 Å². The van der Waals surface area contributed by atoms with Crippen LogP contribution in [-0.4, -0.2) is 29.8 Å². The summed E-state index contributed by atoms with van der Waals surface area (Å²) in [6.07, 6.45) is 2.04. The van der Waals surface area contributed by atoms with Gasteiger partial charge >= 0.3 is 6.61 Å². The van der Waals surface area contributed by atoms with Gasteiger partial charge in [0.1, 0.15) is 5.75 Å². The van der Waals surface area contributed by atoms with Crippen molar-refractivity contribution in [1.29, 1.82) is 0 Å². The topological polar surface area (TPSA) is 60.2 Å². The van der Waals surface area contributed by atoms with Crippen molar-refractivity contribution in [2.24, 2.45) is 0 Å². The highest BCUT2D eigenvalue weighted by molar-refractivity contribution is 5.62. The normalized spacial score (nSPS) is 18.9. The average molecular weight is 295 g/mol. The first-order valence-corrected chi connectivity index (χ1v) is 6.82. The van der Waals surface area contributed by atoms with Gasteiger partial charge in [0.15, 0.2) is 5.82 Å². The van der Waals surface area contributed by atoms with Crippen LogP contribution in [0.1, 0.15) is 24.6 Å². The fourth-order valence-corrected chi connectivity index (χ4v) is 2.42. The van der Waals surface area contributed by atoms with Gasteiger partial charge in [0, 0.05) is 12.5 Å². The molecule has 0 saturated carbocycles. The van der Waals surface area contributed by atoms with E-state index in [0.717, 1.165) is 25.9 Å². The number of rotatable bonds is 4. The van der Waals surface area contributed by atoms with Crippen LogP contribution in [0.15, 0.2) is 28.8 Å². The quantitative estimate of drug-likeness (QED) is 0.940. The number of nitrogens with one attached hydrogen (secondary N) is 1. The van der Waals surface area contributed by atoms with Gasteiger partial charge in [0.05, 0.1) is 5.56 Å². The first kappa shape index (κ1) is 13.9. The van der Waals surface area contributed by atoms with E-state index in [0.29, 0.717) is 11.4 Å². The third-order valence-corrected chi connectivity index (χ3v) is 3.44. The third-order valence-electron chi connectivity index (χ3n) is 3.44. The number of hydrogen-bond donors (Lipinski definition) is 1. The van der Waals surface area contributed by atoms with Crippen LogP contribution in [0.4, 0.5) is 8.78 Å². The number of nitrogens with zero attached hydrogens (tertiary/aromatic N) is 2. The number of piperidine rings is 1. The van der Waals surface area contributed by atoms with Gasteiger partial charge < -0.3 is 14.6 Å². The van der Waals surface area contributed by atoms with E-state index >= 15 is 0 Å². The van der Waals surface area contributed by atoms with Gasteiger partial charge in [0.25, 0.3) is 5.89 Å². The highest BCUT2D eigenvalue weighted by atomic mass is 19.3. The Balaban J connectivity index is 1.85. The SMILES string of the molecule is FC(F)Oc1ccccc1-c1nc(C2CCCNC2)no1. The lowest BCUT2D eigenvalue weighted by Gasteiger charge is -2.19. The molecule has 1 atom stereocenters. The molecule has 1 N–H and O–H groups in total. The second kappa shape index (κ2) is 6.17. The summed E-state index contributed by atoms with van der Waals surface area (Å²) in [5, 5.41) is 7.24. The van der Waals surface area contributed by atoms with E-state index in [1.54, 1.807) is 18.2 Å². The first-order valence-electron chi connectivity index (χ1n) is 6.82. The van der Waals surface area contributed by atoms with Crippen molar-refractivity contribution in [1.82, 2.24) is 15.5 Å². The Morgan fingerprint density at radius 2 is 2.19 bits per heavy atom. The van der Waals surface area contributed by atoms with E-state index in [2.05, 4.69) is 20.2 Å². The molecule has 3 rings (SSSR count). The summed E-state index contributed by atoms with van der Waals surface area (Å²) in [4.78, 5) is 4.33. The van der Waals surface area contributed by atoms with Crippen molar-refractivity contribution in [2.75, 3.05) is 13.1 Å². The van der Waals surface area contributed by atoms with Crippen molar-refractivity contribution >= 4 is 0 Å². The van der Waals surface area contributed by atoms with E-state index in [4.69, 9.17) is 4.52 Å². The molecule has 1 aliphatic rings. The predicted molar refractivity (Wildman–Crippen MR) is 71.2 cm³/mol. The molecule has 21 heavy (non-hydrogen) atoms. The van der Waals surface area contributed by atoms with Crippen LogP contribution in [0, 0.1) is 0 Å². The molecule has 112 valence electrons. The molecular weight excluding hydrogens is 280 g/mol. The molecule has 0 radical (unpaired) electrons. The van der Waals surface area contributed by atoms with Crippen LogP contribution < -0.4 is 10.1 Å². The maximum Gasteiger partial charge on any atom is 0.387 e. The Bertz CT molecular complexity index is 597. The Morgan fingerprint density at radius 1 is 1.33 bits per heavy atom. The van der Waals surface area contributed by atoms with Gasteiger partial charge in [-0.2, -0.15) is 13.8 Å².